The predicted molar refractivity (Wildman–Crippen MR) is 63.5 cm³/mol. The van der Waals surface area contributed by atoms with E-state index in [9.17, 15) is 0 Å². The van der Waals surface area contributed by atoms with E-state index in [4.69, 9.17) is 10.00 Å². The second kappa shape index (κ2) is 6.67. The summed E-state index contributed by atoms with van der Waals surface area (Å²) in [7, 11) is 1.92. The summed E-state index contributed by atoms with van der Waals surface area (Å²) in [5.41, 5.74) is 0. The number of ether oxygens (including phenoxy) is 1. The van der Waals surface area contributed by atoms with Crippen LogP contribution in [0.15, 0.2) is 18.3 Å². The fourth-order valence-electron chi connectivity index (χ4n) is 1.32. The van der Waals surface area contributed by atoms with Crippen molar-refractivity contribution in [2.24, 2.45) is 0 Å². The average molecular weight is 219 g/mol. The van der Waals surface area contributed by atoms with Crippen molar-refractivity contribution < 1.29 is 4.74 Å². The maximum Gasteiger partial charge on any atom is 0.171 e. The molecule has 86 valence electrons. The van der Waals surface area contributed by atoms with Crippen LogP contribution < -0.4 is 9.64 Å². The van der Waals surface area contributed by atoms with Gasteiger partial charge in [-0.3, -0.25) is 0 Å². The molecule has 0 bridgehead atoms. The first-order chi connectivity index (χ1) is 7.79. The number of rotatable bonds is 6. The van der Waals surface area contributed by atoms with Gasteiger partial charge in [0.2, 0.25) is 0 Å². The number of hydrogen-bond acceptors (Lipinski definition) is 4. The van der Waals surface area contributed by atoms with E-state index in [0.717, 1.165) is 18.0 Å². The van der Waals surface area contributed by atoms with Crippen molar-refractivity contribution in [2.75, 3.05) is 25.1 Å². The van der Waals surface area contributed by atoms with Crippen LogP contribution in [-0.4, -0.2) is 25.2 Å². The van der Waals surface area contributed by atoms with E-state index in [-0.39, 0.29) is 0 Å². The molecule has 1 heterocycles. The van der Waals surface area contributed by atoms with Crippen molar-refractivity contribution >= 4 is 5.82 Å². The molecular weight excluding hydrogens is 202 g/mol. The molecule has 0 amide bonds. The first-order valence-electron chi connectivity index (χ1n) is 5.45. The van der Waals surface area contributed by atoms with E-state index in [1.165, 1.54) is 0 Å². The number of nitriles is 1. The van der Waals surface area contributed by atoms with E-state index in [1.54, 1.807) is 6.20 Å². The number of anilines is 1. The minimum Gasteiger partial charge on any atom is -0.490 e. The molecule has 4 nitrogen and oxygen atoms in total. The van der Waals surface area contributed by atoms with Gasteiger partial charge in [-0.25, -0.2) is 4.98 Å². The number of nitrogens with zero attached hydrogens (tertiary/aromatic N) is 3. The summed E-state index contributed by atoms with van der Waals surface area (Å²) in [4.78, 5) is 6.21. The highest BCUT2D eigenvalue weighted by Gasteiger charge is 2.08. The van der Waals surface area contributed by atoms with Crippen LogP contribution >= 0.6 is 0 Å². The number of aromatic nitrogens is 1. The summed E-state index contributed by atoms with van der Waals surface area (Å²) in [5, 5.41) is 8.54. The van der Waals surface area contributed by atoms with Gasteiger partial charge in [0, 0.05) is 19.8 Å². The second-order valence-corrected chi connectivity index (χ2v) is 3.50. The van der Waals surface area contributed by atoms with Crippen LogP contribution in [0.2, 0.25) is 0 Å². The SMILES string of the molecule is CCCOc1cccnc1N(C)CCC#N. The summed E-state index contributed by atoms with van der Waals surface area (Å²) in [5.74, 6) is 1.58. The Morgan fingerprint density at radius 1 is 1.56 bits per heavy atom. The van der Waals surface area contributed by atoms with Gasteiger partial charge >= 0.3 is 0 Å². The largest absolute Gasteiger partial charge is 0.490 e. The Labute approximate surface area is 96.5 Å². The molecule has 0 aliphatic carbocycles. The highest BCUT2D eigenvalue weighted by molar-refractivity contribution is 5.51. The zero-order valence-electron chi connectivity index (χ0n) is 9.81. The predicted octanol–water partition coefficient (Wildman–Crippen LogP) is 2.22. The van der Waals surface area contributed by atoms with E-state index in [0.29, 0.717) is 19.6 Å². The fourth-order valence-corrected chi connectivity index (χ4v) is 1.32. The summed E-state index contributed by atoms with van der Waals surface area (Å²) in [6, 6.07) is 5.88. The monoisotopic (exact) mass is 219 g/mol. The molecular formula is C12H17N3O. The molecule has 0 saturated carbocycles. The van der Waals surface area contributed by atoms with Gasteiger partial charge in [-0.15, -0.1) is 0 Å². The van der Waals surface area contributed by atoms with Crippen LogP contribution in [0.4, 0.5) is 5.82 Å². The Morgan fingerprint density at radius 2 is 2.38 bits per heavy atom. The quantitative estimate of drug-likeness (QED) is 0.736. The van der Waals surface area contributed by atoms with E-state index < -0.39 is 0 Å². The van der Waals surface area contributed by atoms with E-state index in [2.05, 4.69) is 18.0 Å². The standard InChI is InChI=1S/C12H17N3O/c1-3-10-16-11-6-4-8-14-12(11)15(2)9-5-7-13/h4,6,8H,3,5,9-10H2,1-2H3. The molecule has 0 aliphatic heterocycles. The highest BCUT2D eigenvalue weighted by Crippen LogP contribution is 2.24. The van der Waals surface area contributed by atoms with Crippen LogP contribution in [0, 0.1) is 11.3 Å². The summed E-state index contributed by atoms with van der Waals surface area (Å²) >= 11 is 0. The highest BCUT2D eigenvalue weighted by atomic mass is 16.5. The normalized spacial score (nSPS) is 9.56. The molecule has 4 heteroatoms. The van der Waals surface area contributed by atoms with Crippen LogP contribution in [0.5, 0.6) is 5.75 Å². The Balaban J connectivity index is 2.73. The van der Waals surface area contributed by atoms with E-state index >= 15 is 0 Å². The van der Waals surface area contributed by atoms with Crippen LogP contribution in [0.1, 0.15) is 19.8 Å². The molecule has 1 rings (SSSR count). The van der Waals surface area contributed by atoms with Gasteiger partial charge in [-0.05, 0) is 18.6 Å². The van der Waals surface area contributed by atoms with Crippen molar-refractivity contribution in [1.82, 2.24) is 4.98 Å². The van der Waals surface area contributed by atoms with Crippen molar-refractivity contribution in [1.29, 1.82) is 5.26 Å². The van der Waals surface area contributed by atoms with Crippen molar-refractivity contribution in [2.45, 2.75) is 19.8 Å². The molecule has 0 unspecified atom stereocenters. The minimum atomic E-state index is 0.486. The molecule has 0 aromatic carbocycles. The molecule has 0 radical (unpaired) electrons. The maximum atomic E-state index is 8.54. The van der Waals surface area contributed by atoms with Crippen molar-refractivity contribution in [3.63, 3.8) is 0 Å². The third kappa shape index (κ3) is 3.43. The molecule has 16 heavy (non-hydrogen) atoms. The van der Waals surface area contributed by atoms with Gasteiger partial charge in [-0.2, -0.15) is 5.26 Å². The second-order valence-electron chi connectivity index (χ2n) is 3.50. The minimum absolute atomic E-state index is 0.486. The Kier molecular flexibility index (Phi) is 5.13. The maximum absolute atomic E-state index is 8.54. The first-order valence-corrected chi connectivity index (χ1v) is 5.45. The van der Waals surface area contributed by atoms with Crippen molar-refractivity contribution in [3.8, 4) is 11.8 Å². The lowest BCUT2D eigenvalue weighted by atomic mass is 10.3. The van der Waals surface area contributed by atoms with Gasteiger partial charge in [0.25, 0.3) is 0 Å². The third-order valence-corrected chi connectivity index (χ3v) is 2.13. The number of hydrogen-bond donors (Lipinski definition) is 0. The zero-order chi connectivity index (χ0) is 11.8. The Bertz CT molecular complexity index is 360. The lowest BCUT2D eigenvalue weighted by Crippen LogP contribution is -2.20. The van der Waals surface area contributed by atoms with Crippen LogP contribution in [0.3, 0.4) is 0 Å². The molecule has 1 aromatic heterocycles. The van der Waals surface area contributed by atoms with Crippen LogP contribution in [0.25, 0.3) is 0 Å². The molecule has 0 atom stereocenters. The van der Waals surface area contributed by atoms with Crippen molar-refractivity contribution in [3.05, 3.63) is 18.3 Å². The van der Waals surface area contributed by atoms with Gasteiger partial charge in [-0.1, -0.05) is 6.92 Å². The number of pyridine rings is 1. The topological polar surface area (TPSA) is 49.1 Å². The summed E-state index contributed by atoms with van der Waals surface area (Å²) in [6.07, 6.45) is 3.19. The van der Waals surface area contributed by atoms with Gasteiger partial charge < -0.3 is 9.64 Å². The zero-order valence-corrected chi connectivity index (χ0v) is 9.81. The molecule has 0 spiro atoms. The Morgan fingerprint density at radius 3 is 3.06 bits per heavy atom. The first kappa shape index (κ1) is 12.3. The van der Waals surface area contributed by atoms with E-state index in [1.807, 2.05) is 24.1 Å². The third-order valence-electron chi connectivity index (χ3n) is 2.13. The Hall–Kier alpha value is -1.76. The molecule has 0 N–H and O–H groups in total. The lowest BCUT2D eigenvalue weighted by molar-refractivity contribution is 0.317. The fraction of sp³-hybridized carbons (Fsp3) is 0.500. The molecule has 1 aromatic rings. The average Bonchev–Trinajstić information content (AvgIpc) is 2.33. The summed E-state index contributed by atoms with van der Waals surface area (Å²) < 4.78 is 5.60. The molecule has 0 aliphatic rings. The molecule has 0 saturated heterocycles. The lowest BCUT2D eigenvalue weighted by Gasteiger charge is -2.19. The van der Waals surface area contributed by atoms with Crippen LogP contribution in [-0.2, 0) is 0 Å². The van der Waals surface area contributed by atoms with Gasteiger partial charge in [0.05, 0.1) is 19.1 Å². The molecule has 0 fully saturated rings. The summed E-state index contributed by atoms with van der Waals surface area (Å²) in [6.45, 7) is 3.41. The van der Waals surface area contributed by atoms with Gasteiger partial charge in [0.15, 0.2) is 11.6 Å². The smallest absolute Gasteiger partial charge is 0.171 e. The van der Waals surface area contributed by atoms with Gasteiger partial charge in [0.1, 0.15) is 0 Å².